The zero-order valence-electron chi connectivity index (χ0n) is 11.5. The van der Waals surface area contributed by atoms with E-state index in [4.69, 9.17) is 10.5 Å². The van der Waals surface area contributed by atoms with Gasteiger partial charge in [-0.2, -0.15) is 0 Å². The zero-order chi connectivity index (χ0) is 12.3. The highest BCUT2D eigenvalue weighted by atomic mass is 16.5. The monoisotopic (exact) mass is 240 g/mol. The van der Waals surface area contributed by atoms with Crippen LogP contribution in [0, 0.1) is 5.92 Å². The molecule has 3 nitrogen and oxygen atoms in total. The van der Waals surface area contributed by atoms with Gasteiger partial charge in [0.15, 0.2) is 0 Å². The molecule has 0 aromatic rings. The van der Waals surface area contributed by atoms with Crippen molar-refractivity contribution >= 4 is 0 Å². The Kier molecular flexibility index (Phi) is 4.45. The van der Waals surface area contributed by atoms with Crippen LogP contribution in [0.1, 0.15) is 45.4 Å². The predicted octanol–water partition coefficient (Wildman–Crippen LogP) is 2.00. The van der Waals surface area contributed by atoms with Gasteiger partial charge in [-0.15, -0.1) is 0 Å². The molecule has 1 saturated heterocycles. The molecule has 0 aromatic carbocycles. The largest absolute Gasteiger partial charge is 0.381 e. The quantitative estimate of drug-likeness (QED) is 0.799. The van der Waals surface area contributed by atoms with E-state index in [0.717, 1.165) is 25.3 Å². The van der Waals surface area contributed by atoms with Crippen LogP contribution in [0.3, 0.4) is 0 Å². The maximum atomic E-state index is 6.01. The topological polar surface area (TPSA) is 38.5 Å². The summed E-state index contributed by atoms with van der Waals surface area (Å²) in [6.45, 7) is 5.59. The average Bonchev–Trinajstić information content (AvgIpc) is 2.31. The molecule has 1 aliphatic heterocycles. The summed E-state index contributed by atoms with van der Waals surface area (Å²) >= 11 is 0. The summed E-state index contributed by atoms with van der Waals surface area (Å²) in [4.78, 5) is 2.65. The minimum absolute atomic E-state index is 0.276. The average molecular weight is 240 g/mol. The van der Waals surface area contributed by atoms with E-state index in [1.54, 1.807) is 0 Å². The third kappa shape index (κ3) is 2.67. The highest BCUT2D eigenvalue weighted by Crippen LogP contribution is 2.41. The van der Waals surface area contributed by atoms with E-state index >= 15 is 0 Å². The SMILES string of the molecule is CCCC1CCN(C2(CN)CC(OC)C2)CC1. The van der Waals surface area contributed by atoms with Crippen molar-refractivity contribution in [2.24, 2.45) is 11.7 Å². The molecule has 0 amide bonds. The van der Waals surface area contributed by atoms with E-state index in [-0.39, 0.29) is 5.54 Å². The Bertz CT molecular complexity index is 230. The van der Waals surface area contributed by atoms with Gasteiger partial charge in [-0.1, -0.05) is 19.8 Å². The number of nitrogens with two attached hydrogens (primary N) is 1. The van der Waals surface area contributed by atoms with E-state index < -0.39 is 0 Å². The maximum absolute atomic E-state index is 6.01. The predicted molar refractivity (Wildman–Crippen MR) is 71.0 cm³/mol. The molecule has 0 radical (unpaired) electrons. The standard InChI is InChI=1S/C14H28N2O/c1-3-4-12-5-7-16(8-6-12)14(11-15)9-13(10-14)17-2/h12-13H,3-11,15H2,1-2H3. The molecule has 2 N–H and O–H groups in total. The lowest BCUT2D eigenvalue weighted by atomic mass is 9.71. The molecule has 17 heavy (non-hydrogen) atoms. The van der Waals surface area contributed by atoms with Crippen LogP contribution in [0.4, 0.5) is 0 Å². The van der Waals surface area contributed by atoms with Gasteiger partial charge in [0.25, 0.3) is 0 Å². The molecule has 100 valence electrons. The van der Waals surface area contributed by atoms with Crippen LogP contribution in [0.5, 0.6) is 0 Å². The Morgan fingerprint density at radius 3 is 2.41 bits per heavy atom. The first kappa shape index (κ1) is 13.3. The molecule has 0 atom stereocenters. The lowest BCUT2D eigenvalue weighted by molar-refractivity contribution is -0.0963. The Morgan fingerprint density at radius 2 is 1.94 bits per heavy atom. The lowest BCUT2D eigenvalue weighted by Gasteiger charge is -2.55. The molecule has 0 spiro atoms. The molecule has 3 heteroatoms. The summed E-state index contributed by atoms with van der Waals surface area (Å²) < 4.78 is 5.41. The van der Waals surface area contributed by atoms with Gasteiger partial charge in [0.05, 0.1) is 6.10 Å². The van der Waals surface area contributed by atoms with E-state index in [1.807, 2.05) is 7.11 Å². The first-order valence-corrected chi connectivity index (χ1v) is 7.22. The first-order valence-electron chi connectivity index (χ1n) is 7.22. The summed E-state index contributed by atoms with van der Waals surface area (Å²) in [6.07, 6.45) is 8.20. The molecule has 0 bridgehead atoms. The molecule has 2 rings (SSSR count). The van der Waals surface area contributed by atoms with Gasteiger partial charge in [0.1, 0.15) is 0 Å². The molecule has 2 fully saturated rings. The van der Waals surface area contributed by atoms with Crippen molar-refractivity contribution in [2.45, 2.75) is 57.1 Å². The summed E-state index contributed by atoms with van der Waals surface area (Å²) in [7, 11) is 1.82. The molecule has 0 aromatic heterocycles. The molecule has 1 heterocycles. The van der Waals surface area contributed by atoms with Gasteiger partial charge in [0.2, 0.25) is 0 Å². The molecule has 2 aliphatic rings. The normalized spacial score (nSPS) is 35.8. The number of methoxy groups -OCH3 is 1. The molecule has 1 saturated carbocycles. The second-order valence-corrected chi connectivity index (χ2v) is 5.91. The second kappa shape index (κ2) is 5.68. The van der Waals surface area contributed by atoms with Crippen LogP contribution in [-0.2, 0) is 4.74 Å². The fourth-order valence-corrected chi connectivity index (χ4v) is 3.61. The highest BCUT2D eigenvalue weighted by Gasteiger charge is 2.48. The molecule has 1 aliphatic carbocycles. The summed E-state index contributed by atoms with van der Waals surface area (Å²) in [6, 6.07) is 0. The number of hydrogen-bond acceptors (Lipinski definition) is 3. The van der Waals surface area contributed by atoms with E-state index in [0.29, 0.717) is 6.10 Å². The number of ether oxygens (including phenoxy) is 1. The van der Waals surface area contributed by atoms with Crippen molar-refractivity contribution in [3.05, 3.63) is 0 Å². The fraction of sp³-hybridized carbons (Fsp3) is 1.00. The van der Waals surface area contributed by atoms with Gasteiger partial charge < -0.3 is 10.5 Å². The van der Waals surface area contributed by atoms with Gasteiger partial charge in [0, 0.05) is 19.2 Å². The van der Waals surface area contributed by atoms with Gasteiger partial charge >= 0.3 is 0 Å². The third-order valence-electron chi connectivity index (χ3n) is 4.91. The molecular weight excluding hydrogens is 212 g/mol. The maximum Gasteiger partial charge on any atom is 0.0607 e. The summed E-state index contributed by atoms with van der Waals surface area (Å²) in [5.41, 5.74) is 6.29. The smallest absolute Gasteiger partial charge is 0.0607 e. The number of piperidine rings is 1. The van der Waals surface area contributed by atoms with Crippen molar-refractivity contribution in [2.75, 3.05) is 26.7 Å². The zero-order valence-corrected chi connectivity index (χ0v) is 11.5. The van der Waals surface area contributed by atoms with Crippen molar-refractivity contribution in [3.8, 4) is 0 Å². The third-order valence-corrected chi connectivity index (χ3v) is 4.91. The minimum Gasteiger partial charge on any atom is -0.381 e. The van der Waals surface area contributed by atoms with Crippen molar-refractivity contribution in [1.82, 2.24) is 4.90 Å². The second-order valence-electron chi connectivity index (χ2n) is 5.91. The lowest BCUT2D eigenvalue weighted by Crippen LogP contribution is -2.65. The van der Waals surface area contributed by atoms with Crippen LogP contribution < -0.4 is 5.73 Å². The van der Waals surface area contributed by atoms with E-state index in [9.17, 15) is 0 Å². The van der Waals surface area contributed by atoms with Crippen LogP contribution >= 0.6 is 0 Å². The van der Waals surface area contributed by atoms with Crippen LogP contribution in [0.15, 0.2) is 0 Å². The number of nitrogens with zero attached hydrogens (tertiary/aromatic N) is 1. The van der Waals surface area contributed by atoms with E-state index in [2.05, 4.69) is 11.8 Å². The number of likely N-dealkylation sites (tertiary alicyclic amines) is 1. The van der Waals surface area contributed by atoms with E-state index in [1.165, 1.54) is 38.8 Å². The van der Waals surface area contributed by atoms with Crippen molar-refractivity contribution in [1.29, 1.82) is 0 Å². The number of hydrogen-bond donors (Lipinski definition) is 1. The summed E-state index contributed by atoms with van der Waals surface area (Å²) in [5.74, 6) is 0.962. The van der Waals surface area contributed by atoms with Crippen LogP contribution in [0.25, 0.3) is 0 Å². The Hall–Kier alpha value is -0.120. The summed E-state index contributed by atoms with van der Waals surface area (Å²) in [5, 5.41) is 0. The fourth-order valence-electron chi connectivity index (χ4n) is 3.61. The van der Waals surface area contributed by atoms with Crippen LogP contribution in [-0.4, -0.2) is 43.3 Å². The minimum atomic E-state index is 0.276. The highest BCUT2D eigenvalue weighted by molar-refractivity contribution is 5.05. The Balaban J connectivity index is 1.83. The Morgan fingerprint density at radius 1 is 1.29 bits per heavy atom. The van der Waals surface area contributed by atoms with Crippen molar-refractivity contribution < 1.29 is 4.74 Å². The van der Waals surface area contributed by atoms with Crippen LogP contribution in [0.2, 0.25) is 0 Å². The first-order chi connectivity index (χ1) is 8.24. The number of rotatable bonds is 5. The van der Waals surface area contributed by atoms with Gasteiger partial charge in [-0.25, -0.2) is 0 Å². The van der Waals surface area contributed by atoms with Gasteiger partial charge in [-0.3, -0.25) is 4.90 Å². The Labute approximate surface area is 106 Å². The molecule has 0 unspecified atom stereocenters. The molecular formula is C14H28N2O. The van der Waals surface area contributed by atoms with Gasteiger partial charge in [-0.05, 0) is 44.7 Å². The van der Waals surface area contributed by atoms with Crippen molar-refractivity contribution in [3.63, 3.8) is 0 Å².